The van der Waals surface area contributed by atoms with Crippen molar-refractivity contribution in [2.24, 2.45) is 5.92 Å². The number of hydrogen-bond donors (Lipinski definition) is 1. The lowest BCUT2D eigenvalue weighted by molar-refractivity contribution is -0.135. The number of nitrogens with zero attached hydrogens (tertiary/aromatic N) is 4. The van der Waals surface area contributed by atoms with Crippen molar-refractivity contribution in [1.82, 2.24) is 9.88 Å². The van der Waals surface area contributed by atoms with Gasteiger partial charge in [-0.3, -0.25) is 4.79 Å². The zero-order chi connectivity index (χ0) is 18.5. The van der Waals surface area contributed by atoms with E-state index < -0.39 is 0 Å². The highest BCUT2D eigenvalue weighted by Crippen LogP contribution is 2.25. The van der Waals surface area contributed by atoms with Crippen LogP contribution < -0.4 is 4.90 Å². The molecular formula is C20H22N4O2. The highest BCUT2D eigenvalue weighted by molar-refractivity contribution is 5.79. The van der Waals surface area contributed by atoms with Gasteiger partial charge >= 0.3 is 0 Å². The summed E-state index contributed by atoms with van der Waals surface area (Å²) in [4.78, 5) is 20.9. The summed E-state index contributed by atoms with van der Waals surface area (Å²) < 4.78 is 0. The number of aromatic nitrogens is 1. The molecule has 26 heavy (non-hydrogen) atoms. The van der Waals surface area contributed by atoms with Crippen molar-refractivity contribution < 1.29 is 9.90 Å². The zero-order valence-electron chi connectivity index (χ0n) is 14.8. The Hall–Kier alpha value is -3.07. The topological polar surface area (TPSA) is 80.5 Å². The molecule has 0 aliphatic carbocycles. The van der Waals surface area contributed by atoms with E-state index >= 15 is 0 Å². The number of benzene rings is 1. The molecule has 1 amide bonds. The van der Waals surface area contributed by atoms with Gasteiger partial charge in [0.1, 0.15) is 17.6 Å². The molecule has 1 aromatic carbocycles. The van der Waals surface area contributed by atoms with Gasteiger partial charge in [-0.15, -0.1) is 0 Å². The van der Waals surface area contributed by atoms with Crippen LogP contribution in [0.3, 0.4) is 0 Å². The van der Waals surface area contributed by atoms with E-state index in [0.29, 0.717) is 12.1 Å². The molecule has 3 rings (SSSR count). The predicted octanol–water partition coefficient (Wildman–Crippen LogP) is 2.53. The van der Waals surface area contributed by atoms with Crippen LogP contribution >= 0.6 is 0 Å². The highest BCUT2D eigenvalue weighted by atomic mass is 16.3. The number of hydrogen-bond acceptors (Lipinski definition) is 5. The molecule has 1 aliphatic heterocycles. The fourth-order valence-corrected chi connectivity index (χ4v) is 3.28. The summed E-state index contributed by atoms with van der Waals surface area (Å²) in [6, 6.07) is 12.8. The van der Waals surface area contributed by atoms with E-state index in [0.717, 1.165) is 37.3 Å². The van der Waals surface area contributed by atoms with Gasteiger partial charge in [0, 0.05) is 44.4 Å². The molecule has 1 fully saturated rings. The van der Waals surface area contributed by atoms with Gasteiger partial charge in [0.25, 0.3) is 0 Å². The fourth-order valence-electron chi connectivity index (χ4n) is 3.28. The van der Waals surface area contributed by atoms with Gasteiger partial charge in [-0.25, -0.2) is 4.98 Å². The molecule has 0 bridgehead atoms. The van der Waals surface area contributed by atoms with Crippen LogP contribution in [-0.2, 0) is 11.3 Å². The molecule has 2 heterocycles. The Morgan fingerprint density at radius 2 is 2.04 bits per heavy atom. The first-order valence-corrected chi connectivity index (χ1v) is 8.71. The Balaban J connectivity index is 1.56. The number of nitriles is 1. The summed E-state index contributed by atoms with van der Waals surface area (Å²) in [5.74, 6) is 1.16. The third-order valence-electron chi connectivity index (χ3n) is 4.82. The molecule has 0 spiro atoms. The van der Waals surface area contributed by atoms with Gasteiger partial charge < -0.3 is 14.9 Å². The van der Waals surface area contributed by atoms with E-state index in [2.05, 4.69) is 16.0 Å². The second-order valence-electron chi connectivity index (χ2n) is 6.60. The summed E-state index contributed by atoms with van der Waals surface area (Å²) in [7, 11) is 1.78. The SMILES string of the molecule is CN(Cc1ccccc1O)C(=O)C1CCN(c2ccc(C#N)cn2)CC1. The molecule has 1 aliphatic rings. The van der Waals surface area contributed by atoms with Gasteiger partial charge in [-0.2, -0.15) is 5.26 Å². The number of para-hydroxylation sites is 1. The van der Waals surface area contributed by atoms with E-state index in [-0.39, 0.29) is 17.6 Å². The Kier molecular flexibility index (Phi) is 5.37. The number of phenolic OH excluding ortho intramolecular Hbond substituents is 1. The predicted molar refractivity (Wildman–Crippen MR) is 98.5 cm³/mol. The van der Waals surface area contributed by atoms with Crippen LogP contribution in [0.2, 0.25) is 0 Å². The number of aromatic hydroxyl groups is 1. The standard InChI is InChI=1S/C20H22N4O2/c1-23(14-17-4-2-3-5-18(17)25)20(26)16-8-10-24(11-9-16)19-7-6-15(12-21)13-22-19/h2-7,13,16,25H,8-11,14H2,1H3. The maximum atomic E-state index is 12.7. The molecule has 1 saturated heterocycles. The summed E-state index contributed by atoms with van der Waals surface area (Å²) >= 11 is 0. The normalized spacial score (nSPS) is 14.7. The Morgan fingerprint density at radius 3 is 2.65 bits per heavy atom. The number of anilines is 1. The van der Waals surface area contributed by atoms with E-state index in [1.807, 2.05) is 18.2 Å². The molecular weight excluding hydrogens is 328 g/mol. The molecule has 2 aromatic rings. The number of piperidine rings is 1. The van der Waals surface area contributed by atoms with Gasteiger partial charge in [0.05, 0.1) is 5.56 Å². The van der Waals surface area contributed by atoms with Crippen molar-refractivity contribution in [3.63, 3.8) is 0 Å². The van der Waals surface area contributed by atoms with Crippen molar-refractivity contribution in [3.05, 3.63) is 53.7 Å². The Bertz CT molecular complexity index is 805. The average Bonchev–Trinajstić information content (AvgIpc) is 2.69. The summed E-state index contributed by atoms with van der Waals surface area (Å²) in [6.07, 6.45) is 3.12. The smallest absolute Gasteiger partial charge is 0.225 e. The van der Waals surface area contributed by atoms with Crippen molar-refractivity contribution >= 4 is 11.7 Å². The monoisotopic (exact) mass is 350 g/mol. The first kappa shape index (κ1) is 17.7. The molecule has 0 unspecified atom stereocenters. The zero-order valence-corrected chi connectivity index (χ0v) is 14.8. The lowest BCUT2D eigenvalue weighted by Gasteiger charge is -2.34. The summed E-state index contributed by atoms with van der Waals surface area (Å²) in [5, 5.41) is 18.7. The molecule has 134 valence electrons. The third-order valence-corrected chi connectivity index (χ3v) is 4.82. The van der Waals surface area contributed by atoms with E-state index in [9.17, 15) is 9.90 Å². The van der Waals surface area contributed by atoms with E-state index in [1.54, 1.807) is 36.3 Å². The van der Waals surface area contributed by atoms with Crippen LogP contribution in [0.25, 0.3) is 0 Å². The highest BCUT2D eigenvalue weighted by Gasteiger charge is 2.28. The number of carbonyl (C=O) groups is 1. The van der Waals surface area contributed by atoms with E-state index in [1.165, 1.54) is 0 Å². The minimum Gasteiger partial charge on any atom is -0.508 e. The number of phenols is 1. The number of rotatable bonds is 4. The van der Waals surface area contributed by atoms with Crippen LogP contribution in [0.1, 0.15) is 24.0 Å². The lowest BCUT2D eigenvalue weighted by Crippen LogP contribution is -2.41. The summed E-state index contributed by atoms with van der Waals surface area (Å²) in [5.41, 5.74) is 1.30. The Morgan fingerprint density at radius 1 is 1.31 bits per heavy atom. The maximum absolute atomic E-state index is 12.7. The van der Waals surface area contributed by atoms with Crippen molar-refractivity contribution in [2.45, 2.75) is 19.4 Å². The van der Waals surface area contributed by atoms with Crippen LogP contribution in [0.4, 0.5) is 5.82 Å². The van der Waals surface area contributed by atoms with Crippen LogP contribution in [0.15, 0.2) is 42.6 Å². The first-order valence-electron chi connectivity index (χ1n) is 8.71. The fraction of sp³-hybridized carbons (Fsp3) is 0.350. The van der Waals surface area contributed by atoms with Crippen LogP contribution in [0.5, 0.6) is 5.75 Å². The molecule has 6 nitrogen and oxygen atoms in total. The van der Waals surface area contributed by atoms with Gasteiger partial charge in [0.2, 0.25) is 5.91 Å². The third kappa shape index (κ3) is 3.94. The number of amides is 1. The van der Waals surface area contributed by atoms with Crippen molar-refractivity contribution in [2.75, 3.05) is 25.0 Å². The number of carbonyl (C=O) groups excluding carboxylic acids is 1. The molecule has 1 N–H and O–H groups in total. The number of pyridine rings is 1. The van der Waals surface area contributed by atoms with Crippen molar-refractivity contribution in [3.8, 4) is 11.8 Å². The summed E-state index contributed by atoms with van der Waals surface area (Å²) in [6.45, 7) is 1.93. The second-order valence-corrected chi connectivity index (χ2v) is 6.60. The van der Waals surface area contributed by atoms with Crippen LogP contribution in [-0.4, -0.2) is 41.0 Å². The van der Waals surface area contributed by atoms with Crippen LogP contribution in [0, 0.1) is 17.2 Å². The molecule has 0 atom stereocenters. The van der Waals surface area contributed by atoms with Gasteiger partial charge in [0.15, 0.2) is 0 Å². The Labute approximate surface area is 153 Å². The largest absolute Gasteiger partial charge is 0.508 e. The quantitative estimate of drug-likeness (QED) is 0.916. The minimum atomic E-state index is -0.0134. The second kappa shape index (κ2) is 7.87. The lowest BCUT2D eigenvalue weighted by atomic mass is 9.95. The van der Waals surface area contributed by atoms with E-state index in [4.69, 9.17) is 5.26 Å². The first-order chi connectivity index (χ1) is 12.6. The minimum absolute atomic E-state index is 0.0134. The molecule has 0 saturated carbocycles. The molecule has 1 aromatic heterocycles. The van der Waals surface area contributed by atoms with Gasteiger partial charge in [-0.05, 0) is 31.0 Å². The molecule has 0 radical (unpaired) electrons. The van der Waals surface area contributed by atoms with Gasteiger partial charge in [-0.1, -0.05) is 18.2 Å². The van der Waals surface area contributed by atoms with Crippen molar-refractivity contribution in [1.29, 1.82) is 5.26 Å². The maximum Gasteiger partial charge on any atom is 0.225 e. The molecule has 6 heteroatoms. The average molecular weight is 350 g/mol.